The molecule has 0 amide bonds. The van der Waals surface area contributed by atoms with Gasteiger partial charge in [-0.05, 0) is 24.6 Å². The van der Waals surface area contributed by atoms with Crippen LogP contribution in [0.5, 0.6) is 5.75 Å². The first-order valence-electron chi connectivity index (χ1n) is 6.65. The van der Waals surface area contributed by atoms with E-state index < -0.39 is 0 Å². The molecule has 0 unspecified atom stereocenters. The van der Waals surface area contributed by atoms with E-state index in [-0.39, 0.29) is 23.9 Å². The van der Waals surface area contributed by atoms with Gasteiger partial charge in [-0.15, -0.1) is 0 Å². The molecule has 6 nitrogen and oxygen atoms in total. The summed E-state index contributed by atoms with van der Waals surface area (Å²) in [5.74, 6) is 0.408. The number of esters is 1. The van der Waals surface area contributed by atoms with E-state index in [4.69, 9.17) is 15.6 Å². The van der Waals surface area contributed by atoms with Crippen molar-refractivity contribution in [2.75, 3.05) is 20.3 Å². The fourth-order valence-corrected chi connectivity index (χ4v) is 1.58. The minimum absolute atomic E-state index is 0.164. The predicted molar refractivity (Wildman–Crippen MR) is 81.4 cm³/mol. The van der Waals surface area contributed by atoms with Crippen molar-refractivity contribution >= 4 is 17.4 Å². The monoisotopic (exact) mass is 291 g/mol. The van der Waals surface area contributed by atoms with Gasteiger partial charge in [0.1, 0.15) is 5.75 Å². The van der Waals surface area contributed by atoms with Gasteiger partial charge in [0.25, 0.3) is 0 Å². The van der Waals surface area contributed by atoms with Crippen LogP contribution >= 0.6 is 0 Å². The van der Waals surface area contributed by atoms with E-state index in [9.17, 15) is 4.79 Å². The summed E-state index contributed by atoms with van der Waals surface area (Å²) in [6.07, 6.45) is 0.417. The lowest BCUT2D eigenvalue weighted by molar-refractivity contribution is -0.139. The van der Waals surface area contributed by atoms with Crippen molar-refractivity contribution in [3.05, 3.63) is 29.8 Å². The highest BCUT2D eigenvalue weighted by atomic mass is 16.5. The predicted octanol–water partition coefficient (Wildman–Crippen LogP) is 1.78. The summed E-state index contributed by atoms with van der Waals surface area (Å²) in [5.41, 5.74) is 1.54. The van der Waals surface area contributed by atoms with Crippen LogP contribution in [0.1, 0.15) is 18.9 Å². The molecule has 0 fully saturated rings. The van der Waals surface area contributed by atoms with Crippen LogP contribution in [-0.4, -0.2) is 37.7 Å². The second-order valence-electron chi connectivity index (χ2n) is 4.53. The lowest BCUT2D eigenvalue weighted by atomic mass is 10.2. The van der Waals surface area contributed by atoms with Crippen molar-refractivity contribution < 1.29 is 14.3 Å². The third-order valence-electron chi connectivity index (χ3n) is 2.80. The first-order valence-corrected chi connectivity index (χ1v) is 6.65. The van der Waals surface area contributed by atoms with Crippen molar-refractivity contribution in [2.24, 2.45) is 0 Å². The van der Waals surface area contributed by atoms with E-state index in [0.717, 1.165) is 5.56 Å². The highest BCUT2D eigenvalue weighted by Crippen LogP contribution is 2.13. The Morgan fingerprint density at radius 3 is 2.76 bits per heavy atom. The maximum Gasteiger partial charge on any atom is 0.319 e. The van der Waals surface area contributed by atoms with Gasteiger partial charge in [-0.2, -0.15) is 0 Å². The molecule has 1 aromatic rings. The second kappa shape index (κ2) is 8.86. The van der Waals surface area contributed by atoms with E-state index in [0.29, 0.717) is 25.3 Å². The fraction of sp³-hybridized carbons (Fsp3) is 0.400. The Bertz CT molecular complexity index is 515. The molecule has 21 heavy (non-hydrogen) atoms. The topological polar surface area (TPSA) is 95.3 Å². The van der Waals surface area contributed by atoms with E-state index in [1.54, 1.807) is 6.92 Å². The van der Waals surface area contributed by atoms with E-state index in [1.807, 2.05) is 24.3 Å². The van der Waals surface area contributed by atoms with Crippen molar-refractivity contribution in [3.63, 3.8) is 0 Å². The van der Waals surface area contributed by atoms with Gasteiger partial charge in [-0.3, -0.25) is 4.79 Å². The standard InChI is InChI=1S/C15H21N3O3/c1-11(16)14(17)6-7-21-13-5-3-4-12(8-13)9-18-10-15(19)20-2/h3-5,8,16-18H,6-7,9-10H2,1-2H3. The van der Waals surface area contributed by atoms with E-state index in [1.165, 1.54) is 7.11 Å². The van der Waals surface area contributed by atoms with Crippen LogP contribution in [-0.2, 0) is 16.1 Å². The first kappa shape index (κ1) is 16.8. The molecular weight excluding hydrogens is 270 g/mol. The quantitative estimate of drug-likeness (QED) is 0.477. The number of methoxy groups -OCH3 is 1. The molecule has 0 heterocycles. The minimum atomic E-state index is -0.303. The second-order valence-corrected chi connectivity index (χ2v) is 4.53. The summed E-state index contributed by atoms with van der Waals surface area (Å²) < 4.78 is 10.1. The average Bonchev–Trinajstić information content (AvgIpc) is 2.47. The highest BCUT2D eigenvalue weighted by Gasteiger charge is 2.02. The van der Waals surface area contributed by atoms with Crippen molar-refractivity contribution in [3.8, 4) is 5.75 Å². The third kappa shape index (κ3) is 6.67. The number of benzene rings is 1. The number of carbonyl (C=O) groups is 1. The third-order valence-corrected chi connectivity index (χ3v) is 2.80. The fourth-order valence-electron chi connectivity index (χ4n) is 1.58. The Morgan fingerprint density at radius 1 is 1.33 bits per heavy atom. The summed E-state index contributed by atoms with van der Waals surface area (Å²) in [6.45, 7) is 2.67. The van der Waals surface area contributed by atoms with Crippen LogP contribution in [0.3, 0.4) is 0 Å². The molecule has 0 saturated heterocycles. The molecule has 0 spiro atoms. The smallest absolute Gasteiger partial charge is 0.319 e. The SMILES string of the molecule is COC(=O)CNCc1cccc(OCCC(=N)C(C)=N)c1. The Balaban J connectivity index is 2.39. The molecule has 1 aromatic carbocycles. The zero-order valence-electron chi connectivity index (χ0n) is 12.4. The number of ether oxygens (including phenoxy) is 2. The molecule has 114 valence electrons. The zero-order chi connectivity index (χ0) is 15.7. The van der Waals surface area contributed by atoms with E-state index in [2.05, 4.69) is 10.1 Å². The van der Waals surface area contributed by atoms with Gasteiger partial charge in [0, 0.05) is 18.7 Å². The molecule has 0 aliphatic rings. The van der Waals surface area contributed by atoms with Gasteiger partial charge in [0.15, 0.2) is 0 Å². The minimum Gasteiger partial charge on any atom is -0.493 e. The van der Waals surface area contributed by atoms with Crippen LogP contribution in [0, 0.1) is 10.8 Å². The molecule has 0 radical (unpaired) electrons. The Labute approximate surface area is 124 Å². The van der Waals surface area contributed by atoms with Crippen molar-refractivity contribution in [1.82, 2.24) is 5.32 Å². The molecule has 0 aromatic heterocycles. The van der Waals surface area contributed by atoms with Crippen LogP contribution in [0.2, 0.25) is 0 Å². The normalized spacial score (nSPS) is 10.0. The van der Waals surface area contributed by atoms with Crippen LogP contribution in [0.25, 0.3) is 0 Å². The highest BCUT2D eigenvalue weighted by molar-refractivity contribution is 6.38. The summed E-state index contributed by atoms with van der Waals surface area (Å²) in [4.78, 5) is 11.0. The molecule has 1 rings (SSSR count). The molecule has 3 N–H and O–H groups in total. The average molecular weight is 291 g/mol. The Hall–Kier alpha value is -2.21. The first-order chi connectivity index (χ1) is 10.0. The molecule has 0 atom stereocenters. The Kier molecular flexibility index (Phi) is 7.11. The number of rotatable bonds is 9. The lowest BCUT2D eigenvalue weighted by Crippen LogP contribution is -2.23. The van der Waals surface area contributed by atoms with Crippen LogP contribution < -0.4 is 10.1 Å². The number of nitrogens with one attached hydrogen (secondary N) is 3. The van der Waals surface area contributed by atoms with Crippen LogP contribution in [0.4, 0.5) is 0 Å². The maximum absolute atomic E-state index is 11.0. The number of hydrogen-bond acceptors (Lipinski definition) is 6. The number of carbonyl (C=O) groups excluding carboxylic acids is 1. The summed E-state index contributed by atoms with van der Waals surface area (Å²) >= 11 is 0. The lowest BCUT2D eigenvalue weighted by Gasteiger charge is -2.09. The van der Waals surface area contributed by atoms with Gasteiger partial charge in [-0.25, -0.2) is 0 Å². The summed E-state index contributed by atoms with van der Waals surface area (Å²) in [6, 6.07) is 7.52. The zero-order valence-corrected chi connectivity index (χ0v) is 12.4. The number of hydrogen-bond donors (Lipinski definition) is 3. The van der Waals surface area contributed by atoms with Gasteiger partial charge in [0.05, 0.1) is 26.0 Å². The van der Waals surface area contributed by atoms with Crippen molar-refractivity contribution in [2.45, 2.75) is 19.9 Å². The van der Waals surface area contributed by atoms with Gasteiger partial charge < -0.3 is 25.6 Å². The molecule has 0 bridgehead atoms. The molecule has 0 aliphatic carbocycles. The van der Waals surface area contributed by atoms with Gasteiger partial charge >= 0.3 is 5.97 Å². The molecule has 0 aliphatic heterocycles. The van der Waals surface area contributed by atoms with Gasteiger partial charge in [-0.1, -0.05) is 12.1 Å². The maximum atomic E-state index is 11.0. The summed E-state index contributed by atoms with van der Waals surface area (Å²) in [7, 11) is 1.35. The van der Waals surface area contributed by atoms with Crippen molar-refractivity contribution in [1.29, 1.82) is 10.8 Å². The van der Waals surface area contributed by atoms with Gasteiger partial charge in [0.2, 0.25) is 0 Å². The molecule has 6 heteroatoms. The largest absolute Gasteiger partial charge is 0.493 e. The molecular formula is C15H21N3O3. The Morgan fingerprint density at radius 2 is 2.10 bits per heavy atom. The van der Waals surface area contributed by atoms with Crippen LogP contribution in [0.15, 0.2) is 24.3 Å². The molecule has 0 saturated carbocycles. The van der Waals surface area contributed by atoms with E-state index >= 15 is 0 Å². The summed E-state index contributed by atoms with van der Waals surface area (Å²) in [5, 5.41) is 17.8.